The number of anilines is 1. The van der Waals surface area contributed by atoms with E-state index in [0.717, 1.165) is 17.3 Å². The van der Waals surface area contributed by atoms with E-state index in [-0.39, 0.29) is 17.6 Å². The van der Waals surface area contributed by atoms with Crippen LogP contribution in [-0.2, 0) is 4.79 Å². The first kappa shape index (κ1) is 21.7. The Morgan fingerprint density at radius 1 is 1.13 bits per heavy atom. The van der Waals surface area contributed by atoms with Gasteiger partial charge in [0, 0.05) is 55.5 Å². The molecule has 0 unspecified atom stereocenters. The minimum absolute atomic E-state index is 0.0430. The number of amides is 1. The number of hydrogen-bond acceptors (Lipinski definition) is 5. The largest absolute Gasteiger partial charge is 0.434 e. The predicted molar refractivity (Wildman–Crippen MR) is 112 cm³/mol. The minimum atomic E-state index is -2.91. The third kappa shape index (κ3) is 5.52. The number of nitrogens with zero attached hydrogens (tertiary/aromatic N) is 4. The SMILES string of the molecule is Cc1cc(N2CCN(C(=O)/C=C/c3ccccc3OC(F)F)CC2)nc(C(C)C)n1. The van der Waals surface area contributed by atoms with Gasteiger partial charge in [-0.2, -0.15) is 8.78 Å². The van der Waals surface area contributed by atoms with Crippen molar-refractivity contribution >= 4 is 17.8 Å². The summed E-state index contributed by atoms with van der Waals surface area (Å²) >= 11 is 0. The number of aryl methyl sites for hydroxylation is 1. The van der Waals surface area contributed by atoms with Gasteiger partial charge in [0.2, 0.25) is 5.91 Å². The molecule has 8 heteroatoms. The van der Waals surface area contributed by atoms with Crippen LogP contribution in [0.1, 0.15) is 36.8 Å². The molecule has 0 spiro atoms. The molecule has 2 heterocycles. The van der Waals surface area contributed by atoms with Crippen molar-refractivity contribution in [1.82, 2.24) is 14.9 Å². The number of benzene rings is 1. The number of halogens is 2. The van der Waals surface area contributed by atoms with Crippen molar-refractivity contribution in [3.05, 3.63) is 53.5 Å². The Balaban J connectivity index is 1.62. The van der Waals surface area contributed by atoms with Crippen LogP contribution in [-0.4, -0.2) is 53.6 Å². The summed E-state index contributed by atoms with van der Waals surface area (Å²) in [5.41, 5.74) is 1.36. The topological polar surface area (TPSA) is 58.6 Å². The van der Waals surface area contributed by atoms with E-state index < -0.39 is 6.61 Å². The number of aromatic nitrogens is 2. The number of alkyl halides is 2. The standard InChI is InChI=1S/C22H26F2N4O2/c1-15(2)21-25-16(3)14-19(26-21)27-10-12-28(13-11-27)20(29)9-8-17-6-4-5-7-18(17)30-22(23)24/h4-9,14-15,22H,10-13H2,1-3H3/b9-8+. The van der Waals surface area contributed by atoms with Crippen LogP contribution in [0.15, 0.2) is 36.4 Å². The van der Waals surface area contributed by atoms with E-state index in [9.17, 15) is 13.6 Å². The van der Waals surface area contributed by atoms with Crippen LogP contribution in [0.3, 0.4) is 0 Å². The van der Waals surface area contributed by atoms with Crippen LogP contribution in [0.5, 0.6) is 5.75 Å². The lowest BCUT2D eigenvalue weighted by Gasteiger charge is -2.35. The molecular formula is C22H26F2N4O2. The second-order valence-corrected chi connectivity index (χ2v) is 7.44. The molecular weight excluding hydrogens is 390 g/mol. The first-order valence-electron chi connectivity index (χ1n) is 9.95. The second-order valence-electron chi connectivity index (χ2n) is 7.44. The first-order chi connectivity index (χ1) is 14.3. The second kappa shape index (κ2) is 9.65. The Bertz CT molecular complexity index is 910. The Kier molecular flexibility index (Phi) is 6.97. The summed E-state index contributed by atoms with van der Waals surface area (Å²) in [6.07, 6.45) is 2.91. The molecule has 3 rings (SSSR count). The monoisotopic (exact) mass is 416 g/mol. The molecule has 1 fully saturated rings. The number of hydrogen-bond donors (Lipinski definition) is 0. The van der Waals surface area contributed by atoms with Gasteiger partial charge in [-0.05, 0) is 19.1 Å². The van der Waals surface area contributed by atoms with Crippen molar-refractivity contribution in [2.45, 2.75) is 33.3 Å². The molecule has 6 nitrogen and oxygen atoms in total. The van der Waals surface area contributed by atoms with E-state index in [1.807, 2.05) is 13.0 Å². The maximum Gasteiger partial charge on any atom is 0.387 e. The van der Waals surface area contributed by atoms with Gasteiger partial charge in [-0.1, -0.05) is 32.0 Å². The lowest BCUT2D eigenvalue weighted by atomic mass is 10.2. The van der Waals surface area contributed by atoms with E-state index >= 15 is 0 Å². The Hall–Kier alpha value is -3.03. The molecule has 160 valence electrons. The summed E-state index contributed by atoms with van der Waals surface area (Å²) in [4.78, 5) is 25.6. The molecule has 1 aromatic carbocycles. The molecule has 0 atom stereocenters. The highest BCUT2D eigenvalue weighted by molar-refractivity contribution is 5.92. The van der Waals surface area contributed by atoms with Crippen molar-refractivity contribution in [3.8, 4) is 5.75 Å². The van der Waals surface area contributed by atoms with Crippen molar-refractivity contribution in [2.75, 3.05) is 31.1 Å². The summed E-state index contributed by atoms with van der Waals surface area (Å²) in [5, 5.41) is 0. The van der Waals surface area contributed by atoms with E-state index in [4.69, 9.17) is 0 Å². The molecule has 30 heavy (non-hydrogen) atoms. The third-order valence-corrected chi connectivity index (χ3v) is 4.83. The summed E-state index contributed by atoms with van der Waals surface area (Å²) < 4.78 is 29.5. The summed E-state index contributed by atoms with van der Waals surface area (Å²) in [5.74, 6) is 1.82. The Morgan fingerprint density at radius 3 is 2.50 bits per heavy atom. The van der Waals surface area contributed by atoms with Crippen molar-refractivity contribution in [1.29, 1.82) is 0 Å². The highest BCUT2D eigenvalue weighted by atomic mass is 19.3. The number of carbonyl (C=O) groups excluding carboxylic acids is 1. The highest BCUT2D eigenvalue weighted by Gasteiger charge is 2.21. The molecule has 0 N–H and O–H groups in total. The van der Waals surface area contributed by atoms with Gasteiger partial charge in [0.05, 0.1) is 0 Å². The minimum Gasteiger partial charge on any atom is -0.434 e. The highest BCUT2D eigenvalue weighted by Crippen LogP contribution is 2.22. The van der Waals surface area contributed by atoms with Gasteiger partial charge in [-0.15, -0.1) is 0 Å². The first-order valence-corrected chi connectivity index (χ1v) is 9.95. The summed E-state index contributed by atoms with van der Waals surface area (Å²) in [6, 6.07) is 8.35. The quantitative estimate of drug-likeness (QED) is 0.669. The van der Waals surface area contributed by atoms with E-state index in [1.54, 1.807) is 23.1 Å². The fourth-order valence-corrected chi connectivity index (χ4v) is 3.24. The van der Waals surface area contributed by atoms with Crippen LogP contribution in [0.4, 0.5) is 14.6 Å². The zero-order chi connectivity index (χ0) is 21.7. The van der Waals surface area contributed by atoms with E-state index in [2.05, 4.69) is 33.5 Å². The van der Waals surface area contributed by atoms with Gasteiger partial charge in [0.25, 0.3) is 0 Å². The maximum atomic E-state index is 12.6. The predicted octanol–water partition coefficient (Wildman–Crippen LogP) is 3.87. The van der Waals surface area contributed by atoms with Gasteiger partial charge < -0.3 is 14.5 Å². The average Bonchev–Trinajstić information content (AvgIpc) is 2.72. The fourth-order valence-electron chi connectivity index (χ4n) is 3.24. The van der Waals surface area contributed by atoms with Gasteiger partial charge in [0.15, 0.2) is 0 Å². The van der Waals surface area contributed by atoms with Crippen molar-refractivity contribution in [3.63, 3.8) is 0 Å². The van der Waals surface area contributed by atoms with Gasteiger partial charge >= 0.3 is 6.61 Å². The number of para-hydroxylation sites is 1. The van der Waals surface area contributed by atoms with Gasteiger partial charge in [-0.25, -0.2) is 9.97 Å². The lowest BCUT2D eigenvalue weighted by molar-refractivity contribution is -0.126. The van der Waals surface area contributed by atoms with Crippen molar-refractivity contribution in [2.24, 2.45) is 0 Å². The molecule has 1 aromatic heterocycles. The van der Waals surface area contributed by atoms with E-state index in [0.29, 0.717) is 31.7 Å². The van der Waals surface area contributed by atoms with Gasteiger partial charge in [0.1, 0.15) is 17.4 Å². The number of rotatable bonds is 6. The summed E-state index contributed by atoms with van der Waals surface area (Å²) in [6.45, 7) is 5.61. The van der Waals surface area contributed by atoms with Crippen LogP contribution in [0.2, 0.25) is 0 Å². The van der Waals surface area contributed by atoms with Gasteiger partial charge in [-0.3, -0.25) is 4.79 Å². The molecule has 1 saturated heterocycles. The van der Waals surface area contributed by atoms with Crippen LogP contribution in [0.25, 0.3) is 6.08 Å². The molecule has 0 bridgehead atoms. The molecule has 2 aromatic rings. The van der Waals surface area contributed by atoms with Crippen LogP contribution in [0, 0.1) is 6.92 Å². The normalized spacial score (nSPS) is 14.8. The molecule has 0 aliphatic carbocycles. The lowest BCUT2D eigenvalue weighted by Crippen LogP contribution is -2.48. The van der Waals surface area contributed by atoms with Crippen molar-refractivity contribution < 1.29 is 18.3 Å². The third-order valence-electron chi connectivity index (χ3n) is 4.83. The molecule has 1 aliphatic rings. The zero-order valence-corrected chi connectivity index (χ0v) is 17.4. The fraction of sp³-hybridized carbons (Fsp3) is 0.409. The Morgan fingerprint density at radius 2 is 1.83 bits per heavy atom. The zero-order valence-electron chi connectivity index (χ0n) is 17.4. The maximum absolute atomic E-state index is 12.6. The molecule has 1 amide bonds. The Labute approximate surface area is 175 Å². The molecule has 0 radical (unpaired) electrons. The van der Waals surface area contributed by atoms with Crippen LogP contribution >= 0.6 is 0 Å². The van der Waals surface area contributed by atoms with E-state index in [1.165, 1.54) is 18.2 Å². The smallest absolute Gasteiger partial charge is 0.387 e. The van der Waals surface area contributed by atoms with Crippen LogP contribution < -0.4 is 9.64 Å². The number of ether oxygens (including phenoxy) is 1. The molecule has 0 saturated carbocycles. The molecule has 1 aliphatic heterocycles. The summed E-state index contributed by atoms with van der Waals surface area (Å²) in [7, 11) is 0. The number of carbonyl (C=O) groups is 1. The number of piperazine rings is 1. The average molecular weight is 416 g/mol.